The Morgan fingerprint density at radius 2 is 2.06 bits per heavy atom. The normalized spacial score (nSPS) is 23.4. The van der Waals surface area contributed by atoms with Gasteiger partial charge in [0, 0.05) is 6.54 Å². The molecule has 85 valence electrons. The van der Waals surface area contributed by atoms with E-state index in [1.807, 2.05) is 0 Å². The van der Waals surface area contributed by atoms with Crippen LogP contribution >= 0.6 is 55.1 Å². The molecule has 1 radical (unpaired) electrons. The second-order valence-electron chi connectivity index (χ2n) is 3.27. The molecule has 16 heavy (non-hydrogen) atoms. The molecular weight excluding hydrogens is 302 g/mol. The number of hydrogen-bond donors (Lipinski definition) is 0. The summed E-state index contributed by atoms with van der Waals surface area (Å²) in [5.41, 5.74) is 0. The molecule has 3 rings (SSSR count). The minimum atomic E-state index is 0.815. The topological polar surface area (TPSA) is 29.7 Å². The average Bonchev–Trinajstić information content (AvgIpc) is 2.92. The number of halogens is 1. The van der Waals surface area contributed by atoms with Gasteiger partial charge in [0.05, 0.1) is 36.8 Å². The highest BCUT2D eigenvalue weighted by Gasteiger charge is 2.38. The Hall–Kier alpha value is 0.440. The molecule has 0 bridgehead atoms. The van der Waals surface area contributed by atoms with Crippen molar-refractivity contribution in [2.24, 2.45) is 4.40 Å². The summed E-state index contributed by atoms with van der Waals surface area (Å²) in [5, 5.41) is 0.815. The smallest absolute Gasteiger partial charge is 0.159 e. The summed E-state index contributed by atoms with van der Waals surface area (Å²) < 4.78 is 8.87. The van der Waals surface area contributed by atoms with Crippen LogP contribution in [0.3, 0.4) is 0 Å². The minimum Gasteiger partial charge on any atom is -0.308 e. The molecular formula is C8H7ClN3S4. The summed E-state index contributed by atoms with van der Waals surface area (Å²) in [6.45, 7) is 3.10. The van der Waals surface area contributed by atoms with Crippen molar-refractivity contribution in [2.45, 2.75) is 13.3 Å². The highest BCUT2D eigenvalue weighted by atomic mass is 35.5. The van der Waals surface area contributed by atoms with Gasteiger partial charge in [-0.25, -0.2) is 0 Å². The molecule has 3 heterocycles. The summed E-state index contributed by atoms with van der Waals surface area (Å²) in [6, 6.07) is 0. The van der Waals surface area contributed by atoms with Crippen molar-refractivity contribution < 1.29 is 0 Å². The molecule has 0 aliphatic carbocycles. The number of nitrogens with zero attached hydrogens (tertiary/aromatic N) is 3. The van der Waals surface area contributed by atoms with Gasteiger partial charge in [0.1, 0.15) is 0 Å². The first-order valence-corrected chi connectivity index (χ1v) is 9.30. The Kier molecular flexibility index (Phi) is 3.32. The minimum absolute atomic E-state index is 0.815. The maximum atomic E-state index is 6.37. The van der Waals surface area contributed by atoms with Crippen LogP contribution in [-0.2, 0) is 0 Å². The summed E-state index contributed by atoms with van der Waals surface area (Å²) in [4.78, 5) is 4.35. The lowest BCUT2D eigenvalue weighted by Crippen LogP contribution is -2.35. The largest absolute Gasteiger partial charge is 0.308 e. The zero-order valence-electron chi connectivity index (χ0n) is 8.27. The SMILES string of the molecule is CCCN1C2=NSSC2=C(Cl)C2=C1[N]SS2. The lowest BCUT2D eigenvalue weighted by atomic mass is 10.2. The highest BCUT2D eigenvalue weighted by Crippen LogP contribution is 2.54. The Bertz CT molecular complexity index is 431. The van der Waals surface area contributed by atoms with Crippen molar-refractivity contribution >= 4 is 61.0 Å². The molecule has 0 spiro atoms. The molecule has 0 fully saturated rings. The molecule has 0 N–H and O–H groups in total. The second kappa shape index (κ2) is 4.61. The van der Waals surface area contributed by atoms with Crippen LogP contribution in [0.2, 0.25) is 0 Å². The lowest BCUT2D eigenvalue weighted by Gasteiger charge is -2.28. The third-order valence-electron chi connectivity index (χ3n) is 2.25. The molecule has 0 aromatic carbocycles. The predicted molar refractivity (Wildman–Crippen MR) is 76.8 cm³/mol. The summed E-state index contributed by atoms with van der Waals surface area (Å²) in [7, 11) is 6.24. The summed E-state index contributed by atoms with van der Waals surface area (Å²) in [5.74, 6) is 1.96. The number of rotatable bonds is 2. The molecule has 3 nitrogen and oxygen atoms in total. The van der Waals surface area contributed by atoms with Gasteiger partial charge in [-0.15, -0.1) is 0 Å². The zero-order valence-corrected chi connectivity index (χ0v) is 12.3. The van der Waals surface area contributed by atoms with E-state index in [9.17, 15) is 0 Å². The number of fused-ring (bicyclic) bond motifs is 1. The van der Waals surface area contributed by atoms with E-state index in [1.165, 1.54) is 22.0 Å². The first kappa shape index (κ1) is 11.5. The van der Waals surface area contributed by atoms with E-state index < -0.39 is 0 Å². The number of hydrogen-bond acceptors (Lipinski definition) is 6. The van der Waals surface area contributed by atoms with Crippen LogP contribution in [-0.4, -0.2) is 17.3 Å². The Balaban J connectivity index is 2.07. The fourth-order valence-corrected chi connectivity index (χ4v) is 6.04. The van der Waals surface area contributed by atoms with Crippen molar-refractivity contribution in [1.29, 1.82) is 0 Å². The van der Waals surface area contributed by atoms with Crippen molar-refractivity contribution in [1.82, 2.24) is 9.62 Å². The van der Waals surface area contributed by atoms with E-state index >= 15 is 0 Å². The van der Waals surface area contributed by atoms with E-state index in [0.717, 1.165) is 39.5 Å². The van der Waals surface area contributed by atoms with Crippen LogP contribution in [0.1, 0.15) is 13.3 Å². The van der Waals surface area contributed by atoms with Crippen LogP contribution < -0.4 is 4.72 Å². The van der Waals surface area contributed by atoms with Crippen molar-refractivity contribution in [3.63, 3.8) is 0 Å². The third kappa shape index (κ3) is 1.68. The molecule has 8 heteroatoms. The first-order chi connectivity index (χ1) is 7.83. The van der Waals surface area contributed by atoms with Gasteiger partial charge in [0.15, 0.2) is 11.7 Å². The maximum absolute atomic E-state index is 6.37. The van der Waals surface area contributed by atoms with Gasteiger partial charge >= 0.3 is 0 Å². The molecule has 0 unspecified atom stereocenters. The summed E-state index contributed by atoms with van der Waals surface area (Å²) in [6.07, 6.45) is 1.07. The van der Waals surface area contributed by atoms with Gasteiger partial charge in [-0.05, 0) is 28.0 Å². The highest BCUT2D eigenvalue weighted by molar-refractivity contribution is 8.79. The molecule has 0 atom stereocenters. The lowest BCUT2D eigenvalue weighted by molar-refractivity contribution is 0.490. The Morgan fingerprint density at radius 1 is 1.25 bits per heavy atom. The van der Waals surface area contributed by atoms with E-state index in [1.54, 1.807) is 21.6 Å². The van der Waals surface area contributed by atoms with Crippen LogP contribution in [0.15, 0.2) is 25.1 Å². The van der Waals surface area contributed by atoms with Crippen molar-refractivity contribution in [3.05, 3.63) is 20.7 Å². The Labute approximate surface area is 115 Å². The van der Waals surface area contributed by atoms with Crippen LogP contribution in [0.5, 0.6) is 0 Å². The molecule has 3 aliphatic heterocycles. The van der Waals surface area contributed by atoms with Gasteiger partial charge in [-0.1, -0.05) is 18.5 Å². The first-order valence-electron chi connectivity index (χ1n) is 4.71. The fraction of sp³-hybridized carbons (Fsp3) is 0.375. The summed E-state index contributed by atoms with van der Waals surface area (Å²) >= 11 is 6.37. The molecule has 3 aliphatic rings. The van der Waals surface area contributed by atoms with Gasteiger partial charge in [0.25, 0.3) is 0 Å². The molecule has 0 aromatic rings. The van der Waals surface area contributed by atoms with Crippen molar-refractivity contribution in [3.8, 4) is 0 Å². The average molecular weight is 309 g/mol. The Morgan fingerprint density at radius 3 is 2.88 bits per heavy atom. The second-order valence-corrected chi connectivity index (χ2v) is 7.35. The molecule has 0 aromatic heterocycles. The zero-order chi connectivity index (χ0) is 11.1. The van der Waals surface area contributed by atoms with E-state index in [-0.39, 0.29) is 0 Å². The van der Waals surface area contributed by atoms with E-state index in [2.05, 4.69) is 20.9 Å². The standard InChI is InChI=1S/C8H7ClN3S4/c1-2-3-12-7-5(13-15-10-7)4(9)6-8(12)11-16-14-6/h2-3H2,1H3. The third-order valence-corrected chi connectivity index (χ3v) is 6.50. The van der Waals surface area contributed by atoms with Crippen LogP contribution in [0.4, 0.5) is 0 Å². The molecule has 0 amide bonds. The van der Waals surface area contributed by atoms with Gasteiger partial charge in [0.2, 0.25) is 0 Å². The maximum Gasteiger partial charge on any atom is 0.159 e. The molecule has 0 saturated heterocycles. The van der Waals surface area contributed by atoms with Gasteiger partial charge in [-0.3, -0.25) is 0 Å². The number of amidine groups is 1. The number of allylic oxidation sites excluding steroid dienone is 1. The van der Waals surface area contributed by atoms with Crippen LogP contribution in [0.25, 0.3) is 0 Å². The quantitative estimate of drug-likeness (QED) is 0.569. The van der Waals surface area contributed by atoms with Gasteiger partial charge < -0.3 is 4.90 Å². The fourth-order valence-electron chi connectivity index (χ4n) is 1.59. The van der Waals surface area contributed by atoms with Crippen LogP contribution in [0, 0.1) is 0 Å². The van der Waals surface area contributed by atoms with Crippen molar-refractivity contribution in [2.75, 3.05) is 6.54 Å². The van der Waals surface area contributed by atoms with Gasteiger partial charge in [-0.2, -0.15) is 9.12 Å². The predicted octanol–water partition coefficient (Wildman–Crippen LogP) is 3.95. The monoisotopic (exact) mass is 308 g/mol. The van der Waals surface area contributed by atoms with E-state index in [4.69, 9.17) is 11.6 Å². The molecule has 0 saturated carbocycles. The van der Waals surface area contributed by atoms with E-state index in [0.29, 0.717) is 0 Å².